The van der Waals surface area contributed by atoms with Crippen LogP contribution < -0.4 is 22.1 Å². The van der Waals surface area contributed by atoms with Crippen LogP contribution in [0.5, 0.6) is 0 Å². The minimum absolute atomic E-state index is 0.0720. The van der Waals surface area contributed by atoms with Gasteiger partial charge in [0, 0.05) is 97.8 Å². The van der Waals surface area contributed by atoms with Gasteiger partial charge < -0.3 is 26.8 Å². The molecule has 0 spiro atoms. The lowest BCUT2D eigenvalue weighted by atomic mass is 9.96. The van der Waals surface area contributed by atoms with Crippen LogP contribution in [0.1, 0.15) is 78.9 Å². The molecular weight excluding hydrogens is 681 g/mol. The second-order valence-corrected chi connectivity index (χ2v) is 15.4. The lowest BCUT2D eigenvalue weighted by Crippen LogP contribution is -2.54. The van der Waals surface area contributed by atoms with Crippen LogP contribution in [-0.2, 0) is 15.5 Å². The third kappa shape index (κ3) is 19.4. The summed E-state index contributed by atoms with van der Waals surface area (Å²) in [5.41, 5.74) is 13.7. The van der Waals surface area contributed by atoms with E-state index in [4.69, 9.17) is 39.4 Å². The van der Waals surface area contributed by atoms with E-state index in [1.165, 1.54) is 24.6 Å². The summed E-state index contributed by atoms with van der Waals surface area (Å²) in [6.45, 7) is 20.9. The summed E-state index contributed by atoms with van der Waals surface area (Å²) in [6.07, 6.45) is 9.63. The standard InChI is InChI=1S/C13H25N3O.C12H15Cl2NO.C11H25N3OS/c1-4-11(2)10-16-7-5-12(6-8-16)9-15-13(17)14-3;1-3-12(7-15)16-8(2)9-4-10(13)6-11(14)5-9;1-10(4-9-16(3)15)13-5-7-14(8-6-13)11(2)12/h4,12H,5-10H2,1-3H3,(H2,14,15,17);4-8H,3,15H2,1-2H3;10-11H,4-9,12H2,1-3H3/b11-4+;12-7+;. The number of urea groups is 1. The minimum Gasteiger partial charge on any atom is -0.489 e. The smallest absolute Gasteiger partial charge is 0.314 e. The molecule has 13 heteroatoms. The zero-order valence-corrected chi connectivity index (χ0v) is 33.6. The van der Waals surface area contributed by atoms with E-state index in [0.717, 1.165) is 82.3 Å². The van der Waals surface area contributed by atoms with Crippen molar-refractivity contribution in [1.29, 1.82) is 0 Å². The van der Waals surface area contributed by atoms with Crippen LogP contribution in [0.4, 0.5) is 4.79 Å². The molecule has 2 aliphatic heterocycles. The van der Waals surface area contributed by atoms with Crippen LogP contribution in [0.15, 0.2) is 41.8 Å². The summed E-state index contributed by atoms with van der Waals surface area (Å²) in [7, 11) is 0.989. The zero-order valence-electron chi connectivity index (χ0n) is 31.3. The van der Waals surface area contributed by atoms with E-state index in [0.29, 0.717) is 22.0 Å². The van der Waals surface area contributed by atoms with Crippen molar-refractivity contribution in [3.8, 4) is 0 Å². The predicted molar refractivity (Wildman–Crippen MR) is 209 cm³/mol. The van der Waals surface area contributed by atoms with Gasteiger partial charge in [-0.2, -0.15) is 0 Å². The molecule has 0 aliphatic carbocycles. The van der Waals surface area contributed by atoms with E-state index in [2.05, 4.69) is 52.2 Å². The summed E-state index contributed by atoms with van der Waals surface area (Å²) in [5.74, 6) is 2.20. The van der Waals surface area contributed by atoms with Crippen LogP contribution in [-0.4, -0.2) is 109 Å². The average Bonchev–Trinajstić information content (AvgIpc) is 3.09. The molecule has 1 aromatic carbocycles. The van der Waals surface area contributed by atoms with Gasteiger partial charge in [-0.15, -0.1) is 0 Å². The first-order chi connectivity index (χ1) is 23.2. The number of rotatable bonds is 13. The van der Waals surface area contributed by atoms with Gasteiger partial charge in [0.05, 0.1) is 6.17 Å². The van der Waals surface area contributed by atoms with Gasteiger partial charge in [-0.1, -0.05) is 41.8 Å². The molecule has 1 aromatic rings. The van der Waals surface area contributed by atoms with Gasteiger partial charge in [0.25, 0.3) is 0 Å². The van der Waals surface area contributed by atoms with Gasteiger partial charge in [0.1, 0.15) is 11.9 Å². The maximum absolute atomic E-state index is 11.1. The van der Waals surface area contributed by atoms with Crippen LogP contribution in [0, 0.1) is 5.92 Å². The van der Waals surface area contributed by atoms with Gasteiger partial charge in [-0.25, -0.2) is 4.79 Å². The van der Waals surface area contributed by atoms with E-state index in [-0.39, 0.29) is 18.3 Å². The first-order valence-electron chi connectivity index (χ1n) is 17.6. The highest BCUT2D eigenvalue weighted by molar-refractivity contribution is 7.84. The molecule has 3 rings (SSSR count). The second kappa shape index (κ2) is 25.2. The molecule has 0 aromatic heterocycles. The third-order valence-corrected chi connectivity index (χ3v) is 10.3. The SMILES string of the molecule is C/C=C(\C)CN1CCC(CNC(=O)NC)CC1.CC(N)N1CCN(C(C)CCS(C)=O)CC1.CC/C(=C\N)OC(C)c1cc(Cl)cc(Cl)c1. The van der Waals surface area contributed by atoms with Crippen LogP contribution in [0.2, 0.25) is 10.0 Å². The Morgan fingerprint density at radius 3 is 2.10 bits per heavy atom. The fraction of sp³-hybridized carbons (Fsp3) is 0.694. The first-order valence-corrected chi connectivity index (χ1v) is 20.1. The molecule has 6 N–H and O–H groups in total. The highest BCUT2D eigenvalue weighted by Gasteiger charge is 2.22. The van der Waals surface area contributed by atoms with Gasteiger partial charge >= 0.3 is 6.03 Å². The molecule has 0 saturated carbocycles. The largest absolute Gasteiger partial charge is 0.489 e. The van der Waals surface area contributed by atoms with Crippen LogP contribution in [0.25, 0.3) is 0 Å². The number of ether oxygens (including phenoxy) is 1. The molecule has 282 valence electrons. The number of nitrogens with two attached hydrogens (primary N) is 2. The molecule has 0 bridgehead atoms. The van der Waals surface area contributed by atoms with Crippen molar-refractivity contribution in [2.24, 2.45) is 17.4 Å². The monoisotopic (exact) mass is 745 g/mol. The average molecular weight is 747 g/mol. The van der Waals surface area contributed by atoms with E-state index < -0.39 is 10.8 Å². The number of hydrogen-bond donors (Lipinski definition) is 4. The van der Waals surface area contributed by atoms with Crippen molar-refractivity contribution in [2.45, 2.75) is 85.5 Å². The lowest BCUT2D eigenvalue weighted by molar-refractivity contribution is 0.0794. The number of amides is 2. The summed E-state index contributed by atoms with van der Waals surface area (Å²) in [5, 5.41) is 6.68. The quantitative estimate of drug-likeness (QED) is 0.144. The Balaban J connectivity index is 0.000000368. The second-order valence-electron chi connectivity index (χ2n) is 13.0. The maximum atomic E-state index is 11.1. The molecule has 0 radical (unpaired) electrons. The molecule has 4 unspecified atom stereocenters. The van der Waals surface area contributed by atoms with Crippen LogP contribution in [0.3, 0.4) is 0 Å². The van der Waals surface area contributed by atoms with Gasteiger partial charge in [0.15, 0.2) is 0 Å². The molecule has 10 nitrogen and oxygen atoms in total. The molecule has 4 atom stereocenters. The van der Waals surface area contributed by atoms with E-state index in [1.807, 2.05) is 32.9 Å². The summed E-state index contributed by atoms with van der Waals surface area (Å²) in [4.78, 5) is 18.3. The number of likely N-dealkylation sites (tertiary alicyclic amines) is 1. The Hall–Kier alpha value is -1.86. The maximum Gasteiger partial charge on any atom is 0.314 e. The lowest BCUT2D eigenvalue weighted by Gasteiger charge is -2.39. The van der Waals surface area contributed by atoms with Crippen molar-refractivity contribution >= 4 is 40.0 Å². The van der Waals surface area contributed by atoms with E-state index >= 15 is 0 Å². The Kier molecular flexibility index (Phi) is 23.2. The summed E-state index contributed by atoms with van der Waals surface area (Å²) >= 11 is 11.8. The van der Waals surface area contributed by atoms with Crippen molar-refractivity contribution in [1.82, 2.24) is 25.3 Å². The highest BCUT2D eigenvalue weighted by atomic mass is 35.5. The Bertz CT molecular complexity index is 1150. The number of hydrogen-bond acceptors (Lipinski definition) is 8. The molecule has 2 heterocycles. The van der Waals surface area contributed by atoms with E-state index in [1.54, 1.807) is 19.4 Å². The van der Waals surface area contributed by atoms with Crippen LogP contribution >= 0.6 is 23.2 Å². The Morgan fingerprint density at radius 1 is 1.06 bits per heavy atom. The van der Waals surface area contributed by atoms with Gasteiger partial charge in [-0.05, 0) is 96.7 Å². The Morgan fingerprint density at radius 2 is 1.63 bits per heavy atom. The number of nitrogens with zero attached hydrogens (tertiary/aromatic N) is 3. The number of piperidine rings is 1. The predicted octanol–water partition coefficient (Wildman–Crippen LogP) is 5.94. The zero-order chi connectivity index (χ0) is 36.9. The van der Waals surface area contributed by atoms with E-state index in [9.17, 15) is 9.00 Å². The molecule has 2 saturated heterocycles. The summed E-state index contributed by atoms with van der Waals surface area (Å²) < 4.78 is 16.7. The van der Waals surface area contributed by atoms with Crippen molar-refractivity contribution in [3.05, 3.63) is 57.4 Å². The number of allylic oxidation sites excluding steroid dienone is 2. The molecule has 2 aliphatic rings. The van der Waals surface area contributed by atoms with Crippen molar-refractivity contribution in [2.75, 3.05) is 71.4 Å². The molecule has 2 fully saturated rings. The highest BCUT2D eigenvalue weighted by Crippen LogP contribution is 2.27. The van der Waals surface area contributed by atoms with Gasteiger partial charge in [0.2, 0.25) is 0 Å². The number of piperazine rings is 1. The summed E-state index contributed by atoms with van der Waals surface area (Å²) in [6, 6.07) is 5.83. The number of carbonyl (C=O) groups is 1. The normalized spacial score (nSPS) is 19.3. The fourth-order valence-electron chi connectivity index (χ4n) is 5.57. The number of nitrogens with one attached hydrogen (secondary N) is 2. The molecule has 2 amide bonds. The number of benzene rings is 1. The van der Waals surface area contributed by atoms with Crippen molar-refractivity contribution < 1.29 is 13.7 Å². The number of halogens is 2. The first kappa shape index (κ1) is 45.2. The third-order valence-electron chi connectivity index (χ3n) is 9.04. The molecule has 49 heavy (non-hydrogen) atoms. The Labute approximate surface area is 309 Å². The molecular formula is C36H65Cl2N7O3S. The van der Waals surface area contributed by atoms with Crippen molar-refractivity contribution in [3.63, 3.8) is 0 Å². The minimum atomic E-state index is -0.662. The number of carbonyl (C=O) groups excluding carboxylic acids is 1. The topological polar surface area (TPSA) is 129 Å². The van der Waals surface area contributed by atoms with Gasteiger partial charge in [-0.3, -0.25) is 18.9 Å². The fourth-order valence-corrected chi connectivity index (χ4v) is 6.78.